The molecule has 2 rings (SSSR count). The lowest BCUT2D eigenvalue weighted by Crippen LogP contribution is -2.31. The SMILES string of the molecule is NC(=O)CCn1nccc1N1CCCCC1. The minimum Gasteiger partial charge on any atom is -0.370 e. The van der Waals surface area contributed by atoms with Gasteiger partial charge in [-0.15, -0.1) is 0 Å². The van der Waals surface area contributed by atoms with Crippen LogP contribution in [0.2, 0.25) is 0 Å². The lowest BCUT2D eigenvalue weighted by atomic mass is 10.1. The number of piperidine rings is 1. The second-order valence-corrected chi connectivity index (χ2v) is 4.18. The molecule has 2 heterocycles. The molecule has 0 spiro atoms. The number of anilines is 1. The zero-order chi connectivity index (χ0) is 11.4. The molecule has 1 amide bonds. The van der Waals surface area contributed by atoms with Gasteiger partial charge in [-0.2, -0.15) is 5.10 Å². The number of aromatic nitrogens is 2. The molecule has 1 aliphatic heterocycles. The minimum atomic E-state index is -0.278. The van der Waals surface area contributed by atoms with E-state index >= 15 is 0 Å². The van der Waals surface area contributed by atoms with E-state index in [2.05, 4.69) is 10.00 Å². The van der Waals surface area contributed by atoms with Crippen LogP contribution in [0.3, 0.4) is 0 Å². The average molecular weight is 222 g/mol. The van der Waals surface area contributed by atoms with Crippen molar-refractivity contribution in [2.75, 3.05) is 18.0 Å². The highest BCUT2D eigenvalue weighted by Crippen LogP contribution is 2.19. The number of nitrogens with zero attached hydrogens (tertiary/aromatic N) is 3. The van der Waals surface area contributed by atoms with Crippen LogP contribution in [-0.4, -0.2) is 28.8 Å². The normalized spacial score (nSPS) is 16.4. The fourth-order valence-corrected chi connectivity index (χ4v) is 2.11. The summed E-state index contributed by atoms with van der Waals surface area (Å²) >= 11 is 0. The molecule has 0 saturated carbocycles. The number of amides is 1. The molecule has 1 fully saturated rings. The van der Waals surface area contributed by atoms with Crippen LogP contribution in [0.4, 0.5) is 5.82 Å². The molecule has 5 nitrogen and oxygen atoms in total. The number of rotatable bonds is 4. The van der Waals surface area contributed by atoms with Gasteiger partial charge in [-0.1, -0.05) is 0 Å². The lowest BCUT2D eigenvalue weighted by Gasteiger charge is -2.28. The molecular weight excluding hydrogens is 204 g/mol. The van der Waals surface area contributed by atoms with Gasteiger partial charge in [0, 0.05) is 25.6 Å². The first-order valence-corrected chi connectivity index (χ1v) is 5.82. The highest BCUT2D eigenvalue weighted by atomic mass is 16.1. The van der Waals surface area contributed by atoms with Gasteiger partial charge in [0.05, 0.1) is 12.7 Å². The standard InChI is InChI=1S/C11H18N4O/c12-10(16)5-9-15-11(4-6-13-15)14-7-2-1-3-8-14/h4,6H,1-3,5,7-9H2,(H2,12,16). The molecule has 88 valence electrons. The van der Waals surface area contributed by atoms with E-state index in [1.54, 1.807) is 6.20 Å². The second kappa shape index (κ2) is 5.01. The van der Waals surface area contributed by atoms with Gasteiger partial charge >= 0.3 is 0 Å². The summed E-state index contributed by atoms with van der Waals surface area (Å²) in [7, 11) is 0. The Morgan fingerprint density at radius 1 is 1.38 bits per heavy atom. The molecule has 1 aliphatic rings. The zero-order valence-corrected chi connectivity index (χ0v) is 9.43. The molecule has 0 unspecified atom stereocenters. The topological polar surface area (TPSA) is 64.2 Å². The maximum Gasteiger partial charge on any atom is 0.219 e. The predicted molar refractivity (Wildman–Crippen MR) is 62.1 cm³/mol. The maximum absolute atomic E-state index is 10.7. The maximum atomic E-state index is 10.7. The fraction of sp³-hybridized carbons (Fsp3) is 0.636. The molecule has 0 aliphatic carbocycles. The molecular formula is C11H18N4O. The predicted octanol–water partition coefficient (Wildman–Crippen LogP) is 0.749. The van der Waals surface area contributed by atoms with Crippen molar-refractivity contribution >= 4 is 11.7 Å². The van der Waals surface area contributed by atoms with E-state index in [0.717, 1.165) is 18.9 Å². The first-order valence-electron chi connectivity index (χ1n) is 5.82. The molecule has 0 aromatic carbocycles. The highest BCUT2D eigenvalue weighted by Gasteiger charge is 2.14. The largest absolute Gasteiger partial charge is 0.370 e. The van der Waals surface area contributed by atoms with Gasteiger partial charge < -0.3 is 10.6 Å². The van der Waals surface area contributed by atoms with Gasteiger partial charge in [0.15, 0.2) is 0 Å². The summed E-state index contributed by atoms with van der Waals surface area (Å²) in [6.07, 6.45) is 5.92. The number of aryl methyl sites for hydroxylation is 1. The smallest absolute Gasteiger partial charge is 0.219 e. The Labute approximate surface area is 95.2 Å². The van der Waals surface area contributed by atoms with Crippen LogP contribution < -0.4 is 10.6 Å². The Morgan fingerprint density at radius 3 is 2.81 bits per heavy atom. The molecule has 0 atom stereocenters. The van der Waals surface area contributed by atoms with Gasteiger partial charge in [0.1, 0.15) is 5.82 Å². The highest BCUT2D eigenvalue weighted by molar-refractivity contribution is 5.73. The quantitative estimate of drug-likeness (QED) is 0.817. The van der Waals surface area contributed by atoms with Crippen LogP contribution >= 0.6 is 0 Å². The first-order chi connectivity index (χ1) is 7.77. The fourth-order valence-electron chi connectivity index (χ4n) is 2.11. The summed E-state index contributed by atoms with van der Waals surface area (Å²) in [4.78, 5) is 13.1. The summed E-state index contributed by atoms with van der Waals surface area (Å²) in [6, 6.07) is 2.01. The third kappa shape index (κ3) is 2.53. The van der Waals surface area contributed by atoms with Crippen molar-refractivity contribution in [3.63, 3.8) is 0 Å². The number of carbonyl (C=O) groups excluding carboxylic acids is 1. The molecule has 16 heavy (non-hydrogen) atoms. The van der Waals surface area contributed by atoms with E-state index in [-0.39, 0.29) is 5.91 Å². The third-order valence-electron chi connectivity index (χ3n) is 2.94. The van der Waals surface area contributed by atoms with Crippen LogP contribution in [0.1, 0.15) is 25.7 Å². The van der Waals surface area contributed by atoms with Crippen LogP contribution in [0.15, 0.2) is 12.3 Å². The van der Waals surface area contributed by atoms with Gasteiger partial charge in [0.25, 0.3) is 0 Å². The first kappa shape index (κ1) is 11.0. The van der Waals surface area contributed by atoms with Crippen molar-refractivity contribution in [3.05, 3.63) is 12.3 Å². The minimum absolute atomic E-state index is 0.278. The van der Waals surface area contributed by atoms with Gasteiger partial charge in [0.2, 0.25) is 5.91 Å². The van der Waals surface area contributed by atoms with E-state index in [9.17, 15) is 4.79 Å². The summed E-state index contributed by atoms with van der Waals surface area (Å²) in [5, 5.41) is 4.23. The lowest BCUT2D eigenvalue weighted by molar-refractivity contribution is -0.118. The van der Waals surface area contributed by atoms with E-state index < -0.39 is 0 Å². The molecule has 1 aromatic heterocycles. The van der Waals surface area contributed by atoms with E-state index in [4.69, 9.17) is 5.73 Å². The van der Waals surface area contributed by atoms with Crippen molar-refractivity contribution in [1.29, 1.82) is 0 Å². The molecule has 0 radical (unpaired) electrons. The number of carbonyl (C=O) groups is 1. The van der Waals surface area contributed by atoms with Crippen LogP contribution in [0.5, 0.6) is 0 Å². The van der Waals surface area contributed by atoms with Crippen molar-refractivity contribution in [3.8, 4) is 0 Å². The van der Waals surface area contributed by atoms with Gasteiger partial charge in [-0.3, -0.25) is 4.79 Å². The number of nitrogens with two attached hydrogens (primary N) is 1. The van der Waals surface area contributed by atoms with Crippen molar-refractivity contribution in [2.45, 2.75) is 32.2 Å². The molecule has 2 N–H and O–H groups in total. The third-order valence-corrected chi connectivity index (χ3v) is 2.94. The van der Waals surface area contributed by atoms with E-state index in [1.165, 1.54) is 19.3 Å². The summed E-state index contributed by atoms with van der Waals surface area (Å²) in [5.41, 5.74) is 5.14. The van der Waals surface area contributed by atoms with E-state index in [0.29, 0.717) is 13.0 Å². The van der Waals surface area contributed by atoms with Gasteiger partial charge in [-0.25, -0.2) is 4.68 Å². The Morgan fingerprint density at radius 2 is 2.12 bits per heavy atom. The van der Waals surface area contributed by atoms with Crippen LogP contribution in [0.25, 0.3) is 0 Å². The van der Waals surface area contributed by atoms with Crippen molar-refractivity contribution < 1.29 is 4.79 Å². The average Bonchev–Trinajstić information content (AvgIpc) is 2.75. The summed E-state index contributed by atoms with van der Waals surface area (Å²) in [5.74, 6) is 0.834. The monoisotopic (exact) mass is 222 g/mol. The number of primary amides is 1. The Balaban J connectivity index is 2.02. The Hall–Kier alpha value is -1.52. The van der Waals surface area contributed by atoms with Crippen molar-refractivity contribution in [2.24, 2.45) is 5.73 Å². The molecule has 0 bridgehead atoms. The number of hydrogen-bond donors (Lipinski definition) is 1. The molecule has 1 saturated heterocycles. The van der Waals surface area contributed by atoms with Crippen LogP contribution in [0, 0.1) is 0 Å². The summed E-state index contributed by atoms with van der Waals surface area (Å²) < 4.78 is 1.87. The molecule has 1 aromatic rings. The van der Waals surface area contributed by atoms with Crippen LogP contribution in [-0.2, 0) is 11.3 Å². The van der Waals surface area contributed by atoms with Crippen molar-refractivity contribution in [1.82, 2.24) is 9.78 Å². The van der Waals surface area contributed by atoms with Gasteiger partial charge in [-0.05, 0) is 19.3 Å². The van der Waals surface area contributed by atoms with E-state index in [1.807, 2.05) is 10.7 Å². The summed E-state index contributed by atoms with van der Waals surface area (Å²) in [6.45, 7) is 2.75. The molecule has 5 heteroatoms. The second-order valence-electron chi connectivity index (χ2n) is 4.18. The Kier molecular flexibility index (Phi) is 3.44. The number of hydrogen-bond acceptors (Lipinski definition) is 3. The Bertz CT molecular complexity index is 355. The zero-order valence-electron chi connectivity index (χ0n) is 9.43.